The molecule has 0 saturated carbocycles. The van der Waals surface area contributed by atoms with Gasteiger partial charge in [-0.1, -0.05) is 19.1 Å². The number of alkyl halides is 3. The van der Waals surface area contributed by atoms with Gasteiger partial charge >= 0.3 is 24.1 Å². The van der Waals surface area contributed by atoms with Crippen molar-refractivity contribution in [3.05, 3.63) is 66.7 Å². The van der Waals surface area contributed by atoms with Crippen LogP contribution >= 0.6 is 22.7 Å². The first-order valence-electron chi connectivity index (χ1n) is 13.8. The molecule has 0 bridgehead atoms. The van der Waals surface area contributed by atoms with Crippen LogP contribution in [-0.2, 0) is 40.1 Å². The van der Waals surface area contributed by atoms with E-state index in [2.05, 4.69) is 4.98 Å². The highest BCUT2D eigenvalue weighted by atomic mass is 32.1. The molecule has 0 unspecified atom stereocenters. The standard InChI is InChI=1S/C15H17N3O3S.C12H15NO3S.C2HF3O2/c1-2-13-17-12(9-22-13)18(8-14(19)20)15(21)11-5-3-4-10(6-11)7-16;1-2-16-12(15)9-7-5-3-4-6-8(7)17-10(9)11(13)14;3-2(4,5)1(6)7/h3-6,9H,2,7-8,16H2,1H3,(H,19,20);2-6H2,1H3,(H2,13,14);(H,6,7). The Bertz CT molecular complexity index is 1560. The third kappa shape index (κ3) is 10.6. The van der Waals surface area contributed by atoms with Crippen LogP contribution < -0.4 is 16.4 Å². The number of halogens is 3. The van der Waals surface area contributed by atoms with Gasteiger partial charge in [0.15, 0.2) is 0 Å². The first-order valence-corrected chi connectivity index (χ1v) is 15.5. The zero-order chi connectivity index (χ0) is 34.6. The number of thiazole rings is 1. The molecule has 0 saturated heterocycles. The minimum Gasteiger partial charge on any atom is -0.480 e. The first kappa shape index (κ1) is 37.8. The van der Waals surface area contributed by atoms with Gasteiger partial charge in [-0.25, -0.2) is 14.6 Å². The number of nitrogens with two attached hydrogens (primary N) is 2. The summed E-state index contributed by atoms with van der Waals surface area (Å²) in [6, 6.07) is 6.86. The number of carbonyl (C=O) groups is 5. The lowest BCUT2D eigenvalue weighted by Gasteiger charge is -2.18. The summed E-state index contributed by atoms with van der Waals surface area (Å²) in [6.07, 6.45) is -0.419. The van der Waals surface area contributed by atoms with Gasteiger partial charge in [-0.05, 0) is 62.3 Å². The maximum Gasteiger partial charge on any atom is 0.490 e. The van der Waals surface area contributed by atoms with E-state index in [0.717, 1.165) is 53.1 Å². The molecule has 1 aliphatic carbocycles. The smallest absolute Gasteiger partial charge is 0.480 e. The van der Waals surface area contributed by atoms with Crippen LogP contribution in [0.3, 0.4) is 0 Å². The second kappa shape index (κ2) is 17.4. The number of thiophene rings is 1. The van der Waals surface area contributed by atoms with Crippen molar-refractivity contribution in [1.29, 1.82) is 0 Å². The zero-order valence-corrected chi connectivity index (χ0v) is 26.5. The van der Waals surface area contributed by atoms with E-state index in [-0.39, 0.29) is 0 Å². The lowest BCUT2D eigenvalue weighted by molar-refractivity contribution is -0.192. The number of primary amides is 1. The van der Waals surface area contributed by atoms with Gasteiger partial charge in [0.1, 0.15) is 17.2 Å². The lowest BCUT2D eigenvalue weighted by atomic mass is 9.95. The number of carbonyl (C=O) groups excluding carboxylic acids is 3. The summed E-state index contributed by atoms with van der Waals surface area (Å²) in [5.74, 6) is -4.83. The van der Waals surface area contributed by atoms with E-state index < -0.39 is 42.4 Å². The number of hydrogen-bond acceptors (Lipinski definition) is 10. The van der Waals surface area contributed by atoms with Crippen molar-refractivity contribution >= 4 is 58.2 Å². The van der Waals surface area contributed by atoms with Crippen molar-refractivity contribution in [1.82, 2.24) is 4.98 Å². The van der Waals surface area contributed by atoms with E-state index in [1.807, 2.05) is 13.0 Å². The third-order valence-electron chi connectivity index (χ3n) is 6.18. The SMILES string of the molecule is CCOC(=O)c1c(C(N)=O)sc2c1CCCC2.CCc1nc(N(CC(=O)O)C(=O)c2cccc(CN)c2)cs1.O=C(O)C(F)(F)F. The molecule has 1 aromatic carbocycles. The number of esters is 1. The molecule has 2 heterocycles. The van der Waals surface area contributed by atoms with Crippen LogP contribution in [0.25, 0.3) is 0 Å². The van der Waals surface area contributed by atoms with Gasteiger partial charge in [0.25, 0.3) is 11.8 Å². The molecular formula is C29H33F3N4O8S2. The number of aliphatic carboxylic acids is 2. The van der Waals surface area contributed by atoms with Crippen molar-refractivity contribution in [3.63, 3.8) is 0 Å². The Balaban J connectivity index is 0.000000271. The molecule has 4 rings (SSSR count). The minimum absolute atomic E-state index is 0.307. The van der Waals surface area contributed by atoms with Crippen molar-refractivity contribution in [2.45, 2.75) is 58.7 Å². The normalized spacial score (nSPS) is 12.0. The topological polar surface area (TPSA) is 203 Å². The molecule has 0 spiro atoms. The molecule has 2 aromatic heterocycles. The summed E-state index contributed by atoms with van der Waals surface area (Å²) in [5, 5.41) is 18.7. The van der Waals surface area contributed by atoms with E-state index >= 15 is 0 Å². The number of carboxylic acids is 2. The number of carboxylic acid groups (broad SMARTS) is 2. The largest absolute Gasteiger partial charge is 0.490 e. The summed E-state index contributed by atoms with van der Waals surface area (Å²) in [4.78, 5) is 62.8. The number of rotatable bonds is 9. The number of hydrogen-bond donors (Lipinski definition) is 4. The number of fused-ring (bicyclic) bond motifs is 1. The quantitative estimate of drug-likeness (QED) is 0.233. The summed E-state index contributed by atoms with van der Waals surface area (Å²) in [7, 11) is 0. The van der Waals surface area contributed by atoms with Crippen LogP contribution in [0.1, 0.15) is 78.1 Å². The summed E-state index contributed by atoms with van der Waals surface area (Å²) in [6.45, 7) is 3.90. The van der Waals surface area contributed by atoms with Crippen LogP contribution in [0.4, 0.5) is 19.0 Å². The Morgan fingerprint density at radius 1 is 1.09 bits per heavy atom. The van der Waals surface area contributed by atoms with Crippen LogP contribution in [-0.4, -0.2) is 64.2 Å². The van der Waals surface area contributed by atoms with Gasteiger partial charge in [-0.15, -0.1) is 22.7 Å². The summed E-state index contributed by atoms with van der Waals surface area (Å²) in [5.41, 5.74) is 13.5. The van der Waals surface area contributed by atoms with E-state index in [0.29, 0.717) is 35.0 Å². The third-order valence-corrected chi connectivity index (χ3v) is 8.47. The predicted molar refractivity (Wildman–Crippen MR) is 164 cm³/mol. The fourth-order valence-electron chi connectivity index (χ4n) is 4.13. The molecule has 0 atom stereocenters. The molecule has 0 radical (unpaired) electrons. The maximum atomic E-state index is 12.6. The van der Waals surface area contributed by atoms with E-state index in [1.165, 1.54) is 27.6 Å². The number of aryl methyl sites for hydroxylation is 2. The molecule has 0 fully saturated rings. The molecular weight excluding hydrogens is 653 g/mol. The first-order chi connectivity index (χ1) is 21.6. The highest BCUT2D eigenvalue weighted by Gasteiger charge is 2.38. The van der Waals surface area contributed by atoms with Gasteiger partial charge in [-0.3, -0.25) is 19.3 Å². The number of aromatic nitrogens is 1. The second-order valence-corrected chi connectivity index (χ2v) is 11.5. The number of anilines is 1. The molecule has 2 amide bonds. The van der Waals surface area contributed by atoms with Crippen LogP contribution in [0.2, 0.25) is 0 Å². The molecule has 1 aliphatic rings. The average Bonchev–Trinajstić information content (AvgIpc) is 3.65. The van der Waals surface area contributed by atoms with Crippen LogP contribution in [0.15, 0.2) is 29.6 Å². The second-order valence-electron chi connectivity index (χ2n) is 9.45. The molecule has 17 heteroatoms. The van der Waals surface area contributed by atoms with Gasteiger partial charge in [-0.2, -0.15) is 13.2 Å². The summed E-state index contributed by atoms with van der Waals surface area (Å²) < 4.78 is 36.7. The molecule has 12 nitrogen and oxygen atoms in total. The van der Waals surface area contributed by atoms with Crippen molar-refractivity contribution in [2.24, 2.45) is 11.5 Å². The molecule has 6 N–H and O–H groups in total. The Morgan fingerprint density at radius 2 is 1.74 bits per heavy atom. The zero-order valence-electron chi connectivity index (χ0n) is 24.9. The van der Waals surface area contributed by atoms with Crippen LogP contribution in [0.5, 0.6) is 0 Å². The van der Waals surface area contributed by atoms with Gasteiger partial charge in [0.2, 0.25) is 0 Å². The van der Waals surface area contributed by atoms with Crippen molar-refractivity contribution < 1.29 is 52.1 Å². The van der Waals surface area contributed by atoms with E-state index in [4.69, 9.17) is 31.2 Å². The predicted octanol–water partition coefficient (Wildman–Crippen LogP) is 4.43. The minimum atomic E-state index is -5.08. The van der Waals surface area contributed by atoms with Gasteiger partial charge in [0, 0.05) is 22.4 Å². The van der Waals surface area contributed by atoms with Crippen LogP contribution in [0, 0.1) is 0 Å². The Kier molecular flexibility index (Phi) is 14.3. The monoisotopic (exact) mass is 686 g/mol. The van der Waals surface area contributed by atoms with Crippen molar-refractivity contribution in [2.75, 3.05) is 18.1 Å². The van der Waals surface area contributed by atoms with Gasteiger partial charge < -0.3 is 26.4 Å². The Labute approximate surface area is 269 Å². The summed E-state index contributed by atoms with van der Waals surface area (Å²) >= 11 is 2.76. The van der Waals surface area contributed by atoms with Crippen molar-refractivity contribution in [3.8, 4) is 0 Å². The van der Waals surface area contributed by atoms with E-state index in [1.54, 1.807) is 30.5 Å². The molecule has 250 valence electrons. The van der Waals surface area contributed by atoms with Gasteiger partial charge in [0.05, 0.1) is 17.2 Å². The highest BCUT2D eigenvalue weighted by Crippen LogP contribution is 2.34. The molecule has 3 aromatic rings. The number of amides is 2. The number of ether oxygens (including phenoxy) is 1. The number of nitrogens with zero attached hydrogens (tertiary/aromatic N) is 2. The fraction of sp³-hybridized carbons (Fsp3) is 0.379. The lowest BCUT2D eigenvalue weighted by Crippen LogP contribution is -2.36. The Morgan fingerprint density at radius 3 is 2.26 bits per heavy atom. The highest BCUT2D eigenvalue weighted by molar-refractivity contribution is 7.14. The molecule has 0 aliphatic heterocycles. The Hall–Kier alpha value is -4.35. The maximum absolute atomic E-state index is 12.6. The number of benzene rings is 1. The van der Waals surface area contributed by atoms with E-state index in [9.17, 15) is 32.3 Å². The molecule has 46 heavy (non-hydrogen) atoms. The average molecular weight is 687 g/mol. The fourth-order valence-corrected chi connectivity index (χ4v) is 6.09.